The lowest BCUT2D eigenvalue weighted by molar-refractivity contribution is -0.132. The summed E-state index contributed by atoms with van der Waals surface area (Å²) in [6.45, 7) is 4.04. The van der Waals surface area contributed by atoms with Gasteiger partial charge in [0.1, 0.15) is 17.6 Å². The van der Waals surface area contributed by atoms with Crippen molar-refractivity contribution in [3.8, 4) is 17.2 Å². The highest BCUT2D eigenvalue weighted by molar-refractivity contribution is 6.51. The minimum absolute atomic E-state index is 0.0379. The molecule has 2 heterocycles. The number of carbonyl (C=O) groups excluding carboxylic acids is 2. The van der Waals surface area contributed by atoms with Crippen LogP contribution in [0.3, 0.4) is 0 Å². The molecule has 1 amide bonds. The normalized spacial score (nSPS) is 20.1. The Bertz CT molecular complexity index is 1410. The second kappa shape index (κ2) is 9.65. The quantitative estimate of drug-likeness (QED) is 0.285. The third-order valence-electron chi connectivity index (χ3n) is 6.96. The van der Waals surface area contributed by atoms with Gasteiger partial charge in [-0.05, 0) is 60.4 Å². The molecule has 190 valence electrons. The van der Waals surface area contributed by atoms with Gasteiger partial charge in [0.25, 0.3) is 11.7 Å². The minimum Gasteiger partial charge on any atom is -0.507 e. The number of methoxy groups -OCH3 is 2. The highest BCUT2D eigenvalue weighted by atomic mass is 16.5. The summed E-state index contributed by atoms with van der Waals surface area (Å²) >= 11 is 0. The van der Waals surface area contributed by atoms with Gasteiger partial charge < -0.3 is 19.3 Å². The number of hydrogen-bond acceptors (Lipinski definition) is 6. The summed E-state index contributed by atoms with van der Waals surface area (Å²) in [6, 6.07) is 17.3. The van der Waals surface area contributed by atoms with Gasteiger partial charge >= 0.3 is 0 Å². The number of hydrogen-bond donors (Lipinski definition) is 1. The second-order valence-electron chi connectivity index (χ2n) is 9.26. The van der Waals surface area contributed by atoms with Crippen molar-refractivity contribution in [2.75, 3.05) is 19.1 Å². The first-order valence-electron chi connectivity index (χ1n) is 12.3. The van der Waals surface area contributed by atoms with E-state index in [0.29, 0.717) is 34.7 Å². The summed E-state index contributed by atoms with van der Waals surface area (Å²) in [5.74, 6) is 0.00389. The maximum atomic E-state index is 13.5. The summed E-state index contributed by atoms with van der Waals surface area (Å²) in [6.07, 6.45) is 1.60. The summed E-state index contributed by atoms with van der Waals surface area (Å²) in [4.78, 5) is 28.4. The van der Waals surface area contributed by atoms with Crippen LogP contribution < -0.4 is 19.1 Å². The molecule has 0 aliphatic carbocycles. The summed E-state index contributed by atoms with van der Waals surface area (Å²) in [5, 5.41) is 11.5. The smallest absolute Gasteiger partial charge is 0.300 e. The molecule has 2 unspecified atom stereocenters. The lowest BCUT2D eigenvalue weighted by Crippen LogP contribution is -2.29. The number of benzene rings is 3. The van der Waals surface area contributed by atoms with Gasteiger partial charge in [-0.1, -0.05) is 31.2 Å². The van der Waals surface area contributed by atoms with E-state index in [1.807, 2.05) is 37.3 Å². The number of fused-ring (bicyclic) bond motifs is 1. The van der Waals surface area contributed by atoms with Crippen molar-refractivity contribution < 1.29 is 28.9 Å². The number of amides is 1. The Morgan fingerprint density at radius 1 is 1.00 bits per heavy atom. The number of ketones is 1. The minimum atomic E-state index is -0.826. The molecule has 1 N–H and O–H groups in total. The van der Waals surface area contributed by atoms with Crippen LogP contribution in [-0.4, -0.2) is 37.1 Å². The lowest BCUT2D eigenvalue weighted by Gasteiger charge is -2.26. The van der Waals surface area contributed by atoms with Crippen LogP contribution in [0.5, 0.6) is 17.2 Å². The van der Waals surface area contributed by atoms with E-state index < -0.39 is 17.7 Å². The van der Waals surface area contributed by atoms with E-state index in [2.05, 4.69) is 6.92 Å². The van der Waals surface area contributed by atoms with Crippen LogP contribution in [0.1, 0.15) is 42.1 Å². The first-order valence-corrected chi connectivity index (χ1v) is 12.3. The maximum Gasteiger partial charge on any atom is 0.300 e. The van der Waals surface area contributed by atoms with E-state index in [-0.39, 0.29) is 17.4 Å². The first-order chi connectivity index (χ1) is 17.9. The maximum absolute atomic E-state index is 13.5. The number of rotatable bonds is 6. The van der Waals surface area contributed by atoms with Crippen molar-refractivity contribution >= 4 is 23.1 Å². The Labute approximate surface area is 215 Å². The van der Waals surface area contributed by atoms with Gasteiger partial charge in [0.15, 0.2) is 11.5 Å². The van der Waals surface area contributed by atoms with Gasteiger partial charge in [0.2, 0.25) is 0 Å². The molecule has 7 heteroatoms. The number of aliphatic hydroxyl groups is 1. The molecular formula is C30H29NO6. The molecule has 0 aromatic heterocycles. The number of aryl methyl sites for hydroxylation is 1. The van der Waals surface area contributed by atoms with Crippen molar-refractivity contribution in [1.29, 1.82) is 0 Å². The average molecular weight is 500 g/mol. The van der Waals surface area contributed by atoms with Crippen molar-refractivity contribution in [3.05, 3.63) is 88.5 Å². The fourth-order valence-corrected chi connectivity index (χ4v) is 5.05. The monoisotopic (exact) mass is 499 g/mol. The Kier molecular flexibility index (Phi) is 6.38. The molecule has 2 aliphatic heterocycles. The average Bonchev–Trinajstić information content (AvgIpc) is 3.43. The highest BCUT2D eigenvalue weighted by Crippen LogP contribution is 2.44. The first kappa shape index (κ1) is 24.4. The molecule has 0 radical (unpaired) electrons. The molecule has 3 aromatic rings. The third kappa shape index (κ3) is 4.20. The van der Waals surface area contributed by atoms with Gasteiger partial charge in [-0.25, -0.2) is 0 Å². The van der Waals surface area contributed by atoms with Crippen LogP contribution in [0.15, 0.2) is 66.2 Å². The molecule has 7 nitrogen and oxygen atoms in total. The fraction of sp³-hybridized carbons (Fsp3) is 0.267. The summed E-state index contributed by atoms with van der Waals surface area (Å²) in [5.41, 5.74) is 3.76. The Balaban J connectivity index is 1.68. The molecule has 5 rings (SSSR count). The van der Waals surface area contributed by atoms with E-state index in [0.717, 1.165) is 23.3 Å². The lowest BCUT2D eigenvalue weighted by atomic mass is 9.93. The van der Waals surface area contributed by atoms with Gasteiger partial charge in [-0.3, -0.25) is 14.5 Å². The van der Waals surface area contributed by atoms with Gasteiger partial charge in [0, 0.05) is 23.7 Å². The number of nitrogens with zero attached hydrogens (tertiary/aromatic N) is 1. The predicted octanol–water partition coefficient (Wildman–Crippen LogP) is 5.22. The standard InChI is InChI=1S/C30H29NO6/c1-5-18-6-8-19(9-7-18)27-26(28(32)20-10-12-23-21(15-20)14-17(2)37-23)29(33)30(34)31(27)22-11-13-24(35-3)25(16-22)36-4/h6-13,15-17,27,32H,5,14H2,1-4H3/b28-26-. The molecular weight excluding hydrogens is 470 g/mol. The number of carbonyl (C=O) groups is 2. The number of aliphatic hydroxyl groups excluding tert-OH is 1. The van der Waals surface area contributed by atoms with Crippen LogP contribution in [0.4, 0.5) is 5.69 Å². The Hall–Kier alpha value is -4.26. The van der Waals surface area contributed by atoms with Gasteiger partial charge in [-0.15, -0.1) is 0 Å². The number of Topliss-reactive ketones (excluding diaryl/α,β-unsaturated/α-hetero) is 1. The van der Waals surface area contributed by atoms with E-state index in [1.54, 1.807) is 30.3 Å². The van der Waals surface area contributed by atoms with E-state index in [9.17, 15) is 14.7 Å². The molecule has 1 saturated heterocycles. The van der Waals surface area contributed by atoms with Crippen molar-refractivity contribution in [2.24, 2.45) is 0 Å². The van der Waals surface area contributed by atoms with Crippen LogP contribution in [0.25, 0.3) is 5.76 Å². The summed E-state index contributed by atoms with van der Waals surface area (Å²) in [7, 11) is 3.04. The zero-order valence-electron chi connectivity index (χ0n) is 21.3. The number of anilines is 1. The van der Waals surface area contributed by atoms with Crippen LogP contribution >= 0.6 is 0 Å². The van der Waals surface area contributed by atoms with E-state index >= 15 is 0 Å². The van der Waals surface area contributed by atoms with Gasteiger partial charge in [-0.2, -0.15) is 0 Å². The van der Waals surface area contributed by atoms with Crippen LogP contribution in [0.2, 0.25) is 0 Å². The molecule has 3 aromatic carbocycles. The third-order valence-corrected chi connectivity index (χ3v) is 6.96. The molecule has 2 atom stereocenters. The van der Waals surface area contributed by atoms with Gasteiger partial charge in [0.05, 0.1) is 25.8 Å². The zero-order valence-corrected chi connectivity index (χ0v) is 21.3. The van der Waals surface area contributed by atoms with Crippen molar-refractivity contribution in [2.45, 2.75) is 38.8 Å². The Morgan fingerprint density at radius 3 is 2.41 bits per heavy atom. The van der Waals surface area contributed by atoms with Crippen LogP contribution in [-0.2, 0) is 22.4 Å². The molecule has 0 spiro atoms. The predicted molar refractivity (Wildman–Crippen MR) is 140 cm³/mol. The second-order valence-corrected chi connectivity index (χ2v) is 9.26. The molecule has 0 bridgehead atoms. The molecule has 37 heavy (non-hydrogen) atoms. The molecule has 2 aliphatic rings. The topological polar surface area (TPSA) is 85.3 Å². The molecule has 0 saturated carbocycles. The highest BCUT2D eigenvalue weighted by Gasteiger charge is 2.47. The Morgan fingerprint density at radius 2 is 1.73 bits per heavy atom. The SMILES string of the molecule is CCc1ccc(C2/C(=C(/O)c3ccc4c(c3)CC(C)O4)C(=O)C(=O)N2c2ccc(OC)c(OC)c2)cc1. The largest absolute Gasteiger partial charge is 0.507 e. The number of ether oxygens (including phenoxy) is 3. The summed E-state index contributed by atoms with van der Waals surface area (Å²) < 4.78 is 16.6. The molecule has 1 fully saturated rings. The van der Waals surface area contributed by atoms with Crippen molar-refractivity contribution in [1.82, 2.24) is 0 Å². The van der Waals surface area contributed by atoms with Crippen LogP contribution in [0, 0.1) is 0 Å². The zero-order chi connectivity index (χ0) is 26.3. The van der Waals surface area contributed by atoms with E-state index in [4.69, 9.17) is 14.2 Å². The van der Waals surface area contributed by atoms with E-state index in [1.165, 1.54) is 19.1 Å². The fourth-order valence-electron chi connectivity index (χ4n) is 5.05. The van der Waals surface area contributed by atoms with Crippen molar-refractivity contribution in [3.63, 3.8) is 0 Å².